The number of nitrogens with two attached hydrogens (primary N) is 1. The molecule has 19 heavy (non-hydrogen) atoms. The smallest absolute Gasteiger partial charge is 0.248 e. The van der Waals surface area contributed by atoms with Gasteiger partial charge in [0.15, 0.2) is 0 Å². The number of hydrogen-bond donors (Lipinski definition) is 2. The van der Waals surface area contributed by atoms with Crippen LogP contribution in [0.5, 0.6) is 0 Å². The lowest BCUT2D eigenvalue weighted by Crippen LogP contribution is -2.39. The lowest BCUT2D eigenvalue weighted by Gasteiger charge is -2.20. The van der Waals surface area contributed by atoms with Crippen molar-refractivity contribution in [2.75, 3.05) is 13.1 Å². The second kappa shape index (κ2) is 4.46. The summed E-state index contributed by atoms with van der Waals surface area (Å²) in [6.07, 6.45) is 2.86. The van der Waals surface area contributed by atoms with Crippen LogP contribution in [0, 0.1) is 5.41 Å². The van der Waals surface area contributed by atoms with Gasteiger partial charge in [0.05, 0.1) is 5.41 Å². The van der Waals surface area contributed by atoms with E-state index in [0.717, 1.165) is 16.6 Å². The molecule has 2 heterocycles. The molecule has 1 fully saturated rings. The highest BCUT2D eigenvalue weighted by Gasteiger charge is 2.44. The van der Waals surface area contributed by atoms with Crippen LogP contribution in [0.1, 0.15) is 13.3 Å². The Morgan fingerprint density at radius 1 is 1.53 bits per heavy atom. The third-order valence-corrected chi connectivity index (χ3v) is 5.31. The SMILES string of the molecule is CC1(C(N)=O)CCN(S(=O)(=O)c2c[nH]ccc2=O)C1. The van der Waals surface area contributed by atoms with Gasteiger partial charge in [0.25, 0.3) is 0 Å². The number of nitrogens with one attached hydrogen (secondary N) is 1. The molecule has 0 spiro atoms. The van der Waals surface area contributed by atoms with E-state index in [1.807, 2.05) is 0 Å². The Balaban J connectivity index is 2.37. The van der Waals surface area contributed by atoms with E-state index in [4.69, 9.17) is 5.73 Å². The lowest BCUT2D eigenvalue weighted by atomic mass is 9.89. The molecular weight excluding hydrogens is 270 g/mol. The minimum atomic E-state index is -3.89. The highest BCUT2D eigenvalue weighted by molar-refractivity contribution is 7.89. The van der Waals surface area contributed by atoms with Crippen LogP contribution >= 0.6 is 0 Å². The van der Waals surface area contributed by atoms with Gasteiger partial charge in [-0.1, -0.05) is 0 Å². The van der Waals surface area contributed by atoms with E-state index in [-0.39, 0.29) is 18.0 Å². The van der Waals surface area contributed by atoms with Crippen molar-refractivity contribution in [1.82, 2.24) is 9.29 Å². The fraction of sp³-hybridized carbons (Fsp3) is 0.455. The molecule has 1 unspecified atom stereocenters. The molecule has 104 valence electrons. The molecule has 0 aliphatic carbocycles. The van der Waals surface area contributed by atoms with E-state index in [2.05, 4.69) is 4.98 Å². The highest BCUT2D eigenvalue weighted by Crippen LogP contribution is 2.32. The Kier molecular flexibility index (Phi) is 3.23. The zero-order valence-corrected chi connectivity index (χ0v) is 11.2. The third-order valence-electron chi connectivity index (χ3n) is 3.44. The van der Waals surface area contributed by atoms with Crippen molar-refractivity contribution in [1.29, 1.82) is 0 Å². The second-order valence-corrected chi connectivity index (χ2v) is 6.79. The van der Waals surface area contributed by atoms with Crippen molar-refractivity contribution in [3.8, 4) is 0 Å². The largest absolute Gasteiger partial charge is 0.369 e. The van der Waals surface area contributed by atoms with Crippen LogP contribution < -0.4 is 11.2 Å². The molecule has 0 saturated carbocycles. The molecule has 3 N–H and O–H groups in total. The van der Waals surface area contributed by atoms with E-state index in [1.54, 1.807) is 6.92 Å². The van der Waals surface area contributed by atoms with E-state index in [9.17, 15) is 18.0 Å². The van der Waals surface area contributed by atoms with Gasteiger partial charge >= 0.3 is 0 Å². The van der Waals surface area contributed by atoms with Gasteiger partial charge in [-0.05, 0) is 13.3 Å². The number of rotatable bonds is 3. The zero-order valence-electron chi connectivity index (χ0n) is 10.4. The maximum absolute atomic E-state index is 12.3. The summed E-state index contributed by atoms with van der Waals surface area (Å²) in [6.45, 7) is 1.80. The molecule has 2 rings (SSSR count). The minimum absolute atomic E-state index is 0.000991. The molecule has 1 atom stereocenters. The molecule has 8 heteroatoms. The summed E-state index contributed by atoms with van der Waals surface area (Å²) in [5.74, 6) is -0.535. The quantitative estimate of drug-likeness (QED) is 0.761. The van der Waals surface area contributed by atoms with Crippen LogP contribution in [0.2, 0.25) is 0 Å². The molecule has 1 aliphatic heterocycles. The van der Waals surface area contributed by atoms with Gasteiger partial charge < -0.3 is 10.7 Å². The number of nitrogens with zero attached hydrogens (tertiary/aromatic N) is 1. The number of aromatic nitrogens is 1. The van der Waals surface area contributed by atoms with Crippen LogP contribution in [0.4, 0.5) is 0 Å². The van der Waals surface area contributed by atoms with Gasteiger partial charge in [-0.2, -0.15) is 4.31 Å². The van der Waals surface area contributed by atoms with E-state index in [0.29, 0.717) is 6.42 Å². The summed E-state index contributed by atoms with van der Waals surface area (Å²) in [5.41, 5.74) is 3.82. The van der Waals surface area contributed by atoms with Crippen LogP contribution in [0.3, 0.4) is 0 Å². The molecule has 1 aliphatic rings. The Morgan fingerprint density at radius 3 is 2.74 bits per heavy atom. The van der Waals surface area contributed by atoms with Crippen molar-refractivity contribution in [3.63, 3.8) is 0 Å². The van der Waals surface area contributed by atoms with Crippen LogP contribution in [-0.4, -0.2) is 36.7 Å². The van der Waals surface area contributed by atoms with Crippen LogP contribution in [-0.2, 0) is 14.8 Å². The third kappa shape index (κ3) is 2.28. The number of H-pyrrole nitrogens is 1. The Hall–Kier alpha value is -1.67. The molecule has 1 aromatic heterocycles. The van der Waals surface area contributed by atoms with E-state index >= 15 is 0 Å². The first-order chi connectivity index (χ1) is 8.77. The summed E-state index contributed by atoms with van der Waals surface area (Å²) < 4.78 is 25.8. The van der Waals surface area contributed by atoms with Crippen LogP contribution in [0.25, 0.3) is 0 Å². The first-order valence-corrected chi connectivity index (χ1v) is 7.18. The number of primary amides is 1. The summed E-state index contributed by atoms with van der Waals surface area (Å²) in [4.78, 5) is 25.2. The molecule has 0 bridgehead atoms. The summed E-state index contributed by atoms with van der Waals surface area (Å²) in [5, 5.41) is 0. The molecule has 1 saturated heterocycles. The molecule has 7 nitrogen and oxygen atoms in total. The lowest BCUT2D eigenvalue weighted by molar-refractivity contribution is -0.126. The van der Waals surface area contributed by atoms with Crippen molar-refractivity contribution < 1.29 is 13.2 Å². The average molecular weight is 285 g/mol. The van der Waals surface area contributed by atoms with E-state index < -0.39 is 26.8 Å². The highest BCUT2D eigenvalue weighted by atomic mass is 32.2. The van der Waals surface area contributed by atoms with E-state index in [1.165, 1.54) is 6.20 Å². The van der Waals surface area contributed by atoms with Crippen molar-refractivity contribution in [2.45, 2.75) is 18.2 Å². The Morgan fingerprint density at radius 2 is 2.21 bits per heavy atom. The normalized spacial score (nSPS) is 24.5. The van der Waals surface area contributed by atoms with Gasteiger partial charge in [0, 0.05) is 31.5 Å². The summed E-state index contributed by atoms with van der Waals surface area (Å²) in [7, 11) is -3.89. The monoisotopic (exact) mass is 285 g/mol. The number of pyridine rings is 1. The number of hydrogen-bond acceptors (Lipinski definition) is 4. The average Bonchev–Trinajstić information content (AvgIpc) is 2.74. The zero-order chi connectivity index (χ0) is 14.3. The molecule has 1 amide bonds. The maximum atomic E-state index is 12.3. The Bertz CT molecular complexity index is 667. The molecule has 0 radical (unpaired) electrons. The fourth-order valence-corrected chi connectivity index (χ4v) is 3.67. The molecular formula is C11H15N3O4S. The molecule has 0 aromatic carbocycles. The summed E-state index contributed by atoms with van der Waals surface area (Å²) in [6, 6.07) is 1.15. The minimum Gasteiger partial charge on any atom is -0.369 e. The van der Waals surface area contributed by atoms with Gasteiger partial charge in [0.1, 0.15) is 4.90 Å². The predicted octanol–water partition coefficient (Wildman–Crippen LogP) is -0.739. The summed E-state index contributed by atoms with van der Waals surface area (Å²) >= 11 is 0. The topological polar surface area (TPSA) is 113 Å². The second-order valence-electron chi connectivity index (χ2n) is 4.89. The number of carbonyl (C=O) groups excluding carboxylic acids is 1. The first-order valence-electron chi connectivity index (χ1n) is 5.74. The first kappa shape index (κ1) is 13.8. The number of carbonyl (C=O) groups is 1. The van der Waals surface area contributed by atoms with Gasteiger partial charge in [-0.15, -0.1) is 0 Å². The standard InChI is InChI=1S/C11H15N3O4S/c1-11(10(12)16)3-5-14(7-11)19(17,18)9-6-13-4-2-8(9)15/h2,4,6H,3,5,7H2,1H3,(H2,12,16)(H,13,15). The van der Waals surface area contributed by atoms with Crippen molar-refractivity contribution in [3.05, 3.63) is 28.7 Å². The number of amides is 1. The Labute approximate surface area is 110 Å². The van der Waals surface area contributed by atoms with Gasteiger partial charge in [-0.3, -0.25) is 9.59 Å². The molecule has 1 aromatic rings. The van der Waals surface area contributed by atoms with Gasteiger partial charge in [0.2, 0.25) is 21.4 Å². The van der Waals surface area contributed by atoms with Crippen molar-refractivity contribution >= 4 is 15.9 Å². The fourth-order valence-electron chi connectivity index (χ4n) is 2.07. The van der Waals surface area contributed by atoms with Crippen molar-refractivity contribution in [2.24, 2.45) is 11.1 Å². The van der Waals surface area contributed by atoms with Gasteiger partial charge in [-0.25, -0.2) is 8.42 Å². The maximum Gasteiger partial charge on any atom is 0.248 e. The number of aromatic amines is 1. The van der Waals surface area contributed by atoms with Crippen LogP contribution in [0.15, 0.2) is 28.2 Å². The predicted molar refractivity (Wildman–Crippen MR) is 67.7 cm³/mol. The number of sulfonamides is 1.